The van der Waals surface area contributed by atoms with Gasteiger partial charge in [0, 0.05) is 0 Å². The third kappa shape index (κ3) is 1.88. The maximum atomic E-state index is 10.3. The molecule has 0 saturated carbocycles. The van der Waals surface area contributed by atoms with Crippen LogP contribution in [0.2, 0.25) is 0 Å². The van der Waals surface area contributed by atoms with Crippen molar-refractivity contribution in [2.45, 2.75) is 12.8 Å². The number of nitrogens with zero attached hydrogens (tertiary/aromatic N) is 3. The molecule has 2 rings (SSSR count). The molecule has 0 amide bonds. The van der Waals surface area contributed by atoms with Gasteiger partial charge in [-0.15, -0.1) is 0 Å². The van der Waals surface area contributed by atoms with Crippen LogP contribution in [0, 0.1) is 10.1 Å². The minimum Gasteiger partial charge on any atom is -0.348 e. The molecule has 1 aromatic rings. The zero-order valence-electron chi connectivity index (χ0n) is 7.33. The first-order valence-electron chi connectivity index (χ1n) is 4.16. The summed E-state index contributed by atoms with van der Waals surface area (Å²) in [4.78, 5) is 9.85. The number of aromatic nitrogens is 2. The van der Waals surface area contributed by atoms with Gasteiger partial charge in [-0.1, -0.05) is 0 Å². The molecule has 0 bridgehead atoms. The number of rotatable bonds is 3. The van der Waals surface area contributed by atoms with Crippen LogP contribution >= 0.6 is 0 Å². The SMILES string of the molecule is O=[N+]([O-])c1cnn(CC2OCCO2)c1. The standard InChI is InChI=1S/C7H9N3O4/c11-10(12)6-3-8-9(4-6)5-7-13-1-2-14-7/h3-4,7H,1-2,5H2. The minimum absolute atomic E-state index is 0.0250. The summed E-state index contributed by atoms with van der Waals surface area (Å²) in [6.07, 6.45) is 2.22. The predicted octanol–water partition coefficient (Wildman–Crippen LogP) is 0.164. The second kappa shape index (κ2) is 3.72. The summed E-state index contributed by atoms with van der Waals surface area (Å²) < 4.78 is 11.8. The number of hydrogen-bond acceptors (Lipinski definition) is 5. The van der Waals surface area contributed by atoms with Gasteiger partial charge in [0.25, 0.3) is 0 Å². The van der Waals surface area contributed by atoms with Gasteiger partial charge >= 0.3 is 5.69 Å². The van der Waals surface area contributed by atoms with Crippen molar-refractivity contribution < 1.29 is 14.4 Å². The topological polar surface area (TPSA) is 79.4 Å². The molecule has 0 unspecified atom stereocenters. The molecule has 7 heteroatoms. The first-order chi connectivity index (χ1) is 6.75. The van der Waals surface area contributed by atoms with Crippen molar-refractivity contribution in [1.29, 1.82) is 0 Å². The molecule has 1 saturated heterocycles. The fraction of sp³-hybridized carbons (Fsp3) is 0.571. The number of hydrogen-bond donors (Lipinski definition) is 0. The fourth-order valence-corrected chi connectivity index (χ4v) is 1.21. The summed E-state index contributed by atoms with van der Waals surface area (Å²) in [6, 6.07) is 0. The van der Waals surface area contributed by atoms with E-state index in [2.05, 4.69) is 5.10 Å². The van der Waals surface area contributed by atoms with Gasteiger partial charge in [0.1, 0.15) is 12.4 Å². The Kier molecular flexibility index (Phi) is 2.42. The van der Waals surface area contributed by atoms with E-state index in [4.69, 9.17) is 9.47 Å². The van der Waals surface area contributed by atoms with Crippen LogP contribution in [-0.4, -0.2) is 34.2 Å². The Hall–Kier alpha value is -1.47. The maximum Gasteiger partial charge on any atom is 0.306 e. The van der Waals surface area contributed by atoms with Crippen LogP contribution in [0.3, 0.4) is 0 Å². The number of nitro groups is 1. The summed E-state index contributed by atoms with van der Waals surface area (Å²) in [6.45, 7) is 1.51. The average molecular weight is 199 g/mol. The Morgan fingerprint density at radius 1 is 1.64 bits per heavy atom. The van der Waals surface area contributed by atoms with E-state index in [0.717, 1.165) is 0 Å². The Labute approximate surface area is 79.4 Å². The highest BCUT2D eigenvalue weighted by molar-refractivity contribution is 5.20. The van der Waals surface area contributed by atoms with Gasteiger partial charge in [0.05, 0.1) is 24.7 Å². The van der Waals surface area contributed by atoms with Crippen LogP contribution in [0.1, 0.15) is 0 Å². The van der Waals surface area contributed by atoms with Gasteiger partial charge < -0.3 is 9.47 Å². The smallest absolute Gasteiger partial charge is 0.306 e. The monoisotopic (exact) mass is 199 g/mol. The normalized spacial score (nSPS) is 17.4. The molecule has 1 fully saturated rings. The van der Waals surface area contributed by atoms with E-state index in [9.17, 15) is 10.1 Å². The zero-order chi connectivity index (χ0) is 9.97. The highest BCUT2D eigenvalue weighted by atomic mass is 16.7. The molecule has 0 N–H and O–H groups in total. The first kappa shape index (κ1) is 9.10. The molecule has 1 aliphatic rings. The third-order valence-corrected chi connectivity index (χ3v) is 1.86. The lowest BCUT2D eigenvalue weighted by Crippen LogP contribution is -2.16. The number of ether oxygens (including phenoxy) is 2. The second-order valence-electron chi connectivity index (χ2n) is 2.85. The van der Waals surface area contributed by atoms with E-state index in [1.807, 2.05) is 0 Å². The lowest BCUT2D eigenvalue weighted by molar-refractivity contribution is -0.385. The molecule has 1 aliphatic heterocycles. The lowest BCUT2D eigenvalue weighted by atomic mass is 10.6. The molecule has 0 aromatic carbocycles. The van der Waals surface area contributed by atoms with Crippen molar-refractivity contribution in [3.05, 3.63) is 22.5 Å². The lowest BCUT2D eigenvalue weighted by Gasteiger charge is -2.07. The summed E-state index contributed by atoms with van der Waals surface area (Å²) in [5.74, 6) is 0. The van der Waals surface area contributed by atoms with Gasteiger partial charge in [0.15, 0.2) is 6.29 Å². The quantitative estimate of drug-likeness (QED) is 0.512. The molecule has 14 heavy (non-hydrogen) atoms. The molecule has 0 radical (unpaired) electrons. The van der Waals surface area contributed by atoms with Crippen molar-refractivity contribution in [3.8, 4) is 0 Å². The largest absolute Gasteiger partial charge is 0.348 e. The molecular formula is C7H9N3O4. The zero-order valence-corrected chi connectivity index (χ0v) is 7.33. The highest BCUT2D eigenvalue weighted by Gasteiger charge is 2.18. The van der Waals surface area contributed by atoms with Crippen LogP contribution in [0.4, 0.5) is 5.69 Å². The van der Waals surface area contributed by atoms with Crippen molar-refractivity contribution in [2.24, 2.45) is 0 Å². The Morgan fingerprint density at radius 2 is 2.36 bits per heavy atom. The Balaban J connectivity index is 1.98. The maximum absolute atomic E-state index is 10.3. The average Bonchev–Trinajstić information content (AvgIpc) is 2.75. The van der Waals surface area contributed by atoms with Gasteiger partial charge in [-0.2, -0.15) is 5.10 Å². The molecule has 0 atom stereocenters. The van der Waals surface area contributed by atoms with Gasteiger partial charge in [0.2, 0.25) is 0 Å². The van der Waals surface area contributed by atoms with E-state index < -0.39 is 4.92 Å². The van der Waals surface area contributed by atoms with Gasteiger partial charge in [-0.05, 0) is 0 Å². The molecule has 1 aromatic heterocycles. The minimum atomic E-state index is -0.486. The summed E-state index contributed by atoms with van der Waals surface area (Å²) >= 11 is 0. The van der Waals surface area contributed by atoms with Crippen LogP contribution < -0.4 is 0 Å². The summed E-state index contributed by atoms with van der Waals surface area (Å²) in [7, 11) is 0. The highest BCUT2D eigenvalue weighted by Crippen LogP contribution is 2.11. The molecular weight excluding hydrogens is 190 g/mol. The van der Waals surface area contributed by atoms with Crippen molar-refractivity contribution in [3.63, 3.8) is 0 Å². The third-order valence-electron chi connectivity index (χ3n) is 1.86. The Morgan fingerprint density at radius 3 is 2.93 bits per heavy atom. The van der Waals surface area contributed by atoms with E-state index in [0.29, 0.717) is 19.8 Å². The second-order valence-corrected chi connectivity index (χ2v) is 2.85. The van der Waals surface area contributed by atoms with E-state index in [1.54, 1.807) is 0 Å². The van der Waals surface area contributed by atoms with Gasteiger partial charge in [-0.3, -0.25) is 14.8 Å². The predicted molar refractivity (Wildman–Crippen MR) is 44.6 cm³/mol. The van der Waals surface area contributed by atoms with E-state index >= 15 is 0 Å². The van der Waals surface area contributed by atoms with Crippen LogP contribution in [0.5, 0.6) is 0 Å². The molecule has 0 spiro atoms. The van der Waals surface area contributed by atoms with Crippen molar-refractivity contribution in [1.82, 2.24) is 9.78 Å². The van der Waals surface area contributed by atoms with Crippen LogP contribution in [0.15, 0.2) is 12.4 Å². The van der Waals surface area contributed by atoms with E-state index in [-0.39, 0.29) is 12.0 Å². The molecule has 2 heterocycles. The molecule has 0 aliphatic carbocycles. The van der Waals surface area contributed by atoms with Crippen LogP contribution in [-0.2, 0) is 16.0 Å². The molecule has 76 valence electrons. The van der Waals surface area contributed by atoms with E-state index in [1.165, 1.54) is 17.1 Å². The first-order valence-corrected chi connectivity index (χ1v) is 4.16. The molecule has 7 nitrogen and oxygen atoms in total. The fourth-order valence-electron chi connectivity index (χ4n) is 1.21. The summed E-state index contributed by atoms with van der Waals surface area (Å²) in [5.41, 5.74) is -0.0250. The van der Waals surface area contributed by atoms with Crippen LogP contribution in [0.25, 0.3) is 0 Å². The summed E-state index contributed by atoms with van der Waals surface area (Å²) in [5, 5.41) is 14.2. The van der Waals surface area contributed by atoms with Gasteiger partial charge in [-0.25, -0.2) is 0 Å². The Bertz CT molecular complexity index is 331. The van der Waals surface area contributed by atoms with Crippen molar-refractivity contribution >= 4 is 5.69 Å². The van der Waals surface area contributed by atoms with Crippen molar-refractivity contribution in [2.75, 3.05) is 13.2 Å².